The third-order valence-electron chi connectivity index (χ3n) is 6.86. The lowest BCUT2D eigenvalue weighted by atomic mass is 9.71. The lowest BCUT2D eigenvalue weighted by Gasteiger charge is -2.33. The predicted octanol–water partition coefficient (Wildman–Crippen LogP) is 4.19. The molecule has 2 heterocycles. The van der Waals surface area contributed by atoms with Gasteiger partial charge < -0.3 is 20.1 Å². The molecule has 1 fully saturated rings. The number of benzene rings is 1. The Bertz CT molecular complexity index is 872. The molecule has 0 saturated carbocycles. The molecule has 0 bridgehead atoms. The predicted molar refractivity (Wildman–Crippen MR) is 120 cm³/mol. The van der Waals surface area contributed by atoms with Crippen LogP contribution in [0.4, 0.5) is 10.5 Å². The quantitative estimate of drug-likeness (QED) is 0.643. The summed E-state index contributed by atoms with van der Waals surface area (Å²) in [5.74, 6) is 0.326. The van der Waals surface area contributed by atoms with Gasteiger partial charge in [-0.1, -0.05) is 42.9 Å². The molecule has 2 amide bonds. The topological polar surface area (TPSA) is 78.9 Å². The first-order valence-electron chi connectivity index (χ1n) is 11.4. The zero-order valence-electron chi connectivity index (χ0n) is 18.0. The Kier molecular flexibility index (Phi) is 6.76. The van der Waals surface area contributed by atoms with Crippen LogP contribution in [0.1, 0.15) is 49.7 Å². The number of nitrogens with zero attached hydrogens (tertiary/aromatic N) is 1. The Balaban J connectivity index is 1.48. The summed E-state index contributed by atoms with van der Waals surface area (Å²) in [5, 5.41) is 11.2. The van der Waals surface area contributed by atoms with Crippen LogP contribution in [0.15, 0.2) is 42.5 Å². The zero-order chi connectivity index (χ0) is 21.7. The van der Waals surface area contributed by atoms with E-state index in [0.29, 0.717) is 19.8 Å². The fraction of sp³-hybridized carbons (Fsp3) is 0.520. The number of fused-ring (bicyclic) bond motifs is 1. The molecule has 0 radical (unpaired) electrons. The lowest BCUT2D eigenvalue weighted by Crippen LogP contribution is -2.37. The van der Waals surface area contributed by atoms with Gasteiger partial charge in [-0.2, -0.15) is 0 Å². The van der Waals surface area contributed by atoms with Gasteiger partial charge in [-0.25, -0.2) is 4.79 Å². The molecule has 4 rings (SSSR count). The van der Waals surface area contributed by atoms with E-state index in [4.69, 9.17) is 9.84 Å². The Hall–Kier alpha value is -2.60. The normalized spacial score (nSPS) is 23.0. The van der Waals surface area contributed by atoms with Crippen molar-refractivity contribution in [3.8, 4) is 0 Å². The van der Waals surface area contributed by atoms with Crippen LogP contribution in [0.25, 0.3) is 0 Å². The highest BCUT2D eigenvalue weighted by Crippen LogP contribution is 2.41. The van der Waals surface area contributed by atoms with Crippen LogP contribution in [-0.2, 0) is 21.4 Å². The third kappa shape index (κ3) is 4.85. The average Bonchev–Trinajstić information content (AvgIpc) is 3.23. The van der Waals surface area contributed by atoms with Crippen molar-refractivity contribution in [2.45, 2.75) is 50.4 Å². The maximum Gasteiger partial charge on any atom is 0.404 e. The lowest BCUT2D eigenvalue weighted by molar-refractivity contribution is -0.125. The molecule has 0 aromatic heterocycles. The van der Waals surface area contributed by atoms with Crippen LogP contribution in [-0.4, -0.2) is 43.4 Å². The Labute approximate surface area is 184 Å². The van der Waals surface area contributed by atoms with Crippen LogP contribution in [0.5, 0.6) is 0 Å². The number of allylic oxidation sites excluding steroid dienone is 4. The summed E-state index contributed by atoms with van der Waals surface area (Å²) in [7, 11) is 0. The van der Waals surface area contributed by atoms with Crippen LogP contribution in [0.3, 0.4) is 0 Å². The largest absolute Gasteiger partial charge is 0.465 e. The fourth-order valence-electron chi connectivity index (χ4n) is 5.07. The molecule has 1 aliphatic carbocycles. The van der Waals surface area contributed by atoms with Gasteiger partial charge in [0.1, 0.15) is 0 Å². The number of anilines is 1. The molecular formula is C25H32N2O4. The summed E-state index contributed by atoms with van der Waals surface area (Å²) in [5.41, 5.74) is 3.55. The molecule has 1 saturated heterocycles. The van der Waals surface area contributed by atoms with Gasteiger partial charge in [-0.05, 0) is 55.7 Å². The summed E-state index contributed by atoms with van der Waals surface area (Å²) in [6.45, 7) is 2.61. The average molecular weight is 425 g/mol. The standard InChI is InChI=1S/C25H32N2O4/c28-23(19-9-16-31-17-10-19)27-15-8-20-18-21(6-7-22(20)27)25(11-2-1-3-12-25)13-4-5-14-26-24(29)30/h1-3,6-7,11,18-19,26H,4-5,8-10,12-17H2,(H,29,30). The molecule has 3 aliphatic rings. The minimum atomic E-state index is -0.964. The van der Waals surface area contributed by atoms with Gasteiger partial charge in [-0.3, -0.25) is 4.79 Å². The first-order valence-corrected chi connectivity index (χ1v) is 11.4. The van der Waals surface area contributed by atoms with Crippen LogP contribution >= 0.6 is 0 Å². The van der Waals surface area contributed by atoms with Crippen molar-refractivity contribution in [1.82, 2.24) is 5.32 Å². The molecule has 1 atom stereocenters. The van der Waals surface area contributed by atoms with E-state index >= 15 is 0 Å². The highest BCUT2D eigenvalue weighted by molar-refractivity contribution is 5.97. The van der Waals surface area contributed by atoms with Crippen molar-refractivity contribution in [2.24, 2.45) is 5.92 Å². The summed E-state index contributed by atoms with van der Waals surface area (Å²) in [6.07, 6.45) is 14.0. The molecular weight excluding hydrogens is 392 g/mol. The molecule has 2 aliphatic heterocycles. The minimum Gasteiger partial charge on any atom is -0.465 e. The van der Waals surface area contributed by atoms with Crippen LogP contribution < -0.4 is 10.2 Å². The number of carbonyl (C=O) groups is 2. The SMILES string of the molecule is O=C(O)NCCCCC1(c2ccc3c(c2)CCN3C(=O)C2CCOCC2)C=CC=CC1. The number of hydrogen-bond acceptors (Lipinski definition) is 3. The molecule has 2 N–H and O–H groups in total. The summed E-state index contributed by atoms with van der Waals surface area (Å²) < 4.78 is 5.42. The maximum atomic E-state index is 13.1. The van der Waals surface area contributed by atoms with E-state index in [1.165, 1.54) is 11.1 Å². The number of carbonyl (C=O) groups excluding carboxylic acids is 1. The molecule has 1 aromatic carbocycles. The second-order valence-corrected chi connectivity index (χ2v) is 8.81. The van der Waals surface area contributed by atoms with Crippen molar-refractivity contribution >= 4 is 17.7 Å². The van der Waals surface area contributed by atoms with Crippen molar-refractivity contribution in [3.63, 3.8) is 0 Å². The van der Waals surface area contributed by atoms with Crippen LogP contribution in [0.2, 0.25) is 0 Å². The van der Waals surface area contributed by atoms with Gasteiger partial charge in [-0.15, -0.1) is 0 Å². The summed E-state index contributed by atoms with van der Waals surface area (Å²) in [6, 6.07) is 6.62. The number of unbranched alkanes of at least 4 members (excludes halogenated alkanes) is 1. The number of nitrogens with one attached hydrogen (secondary N) is 1. The first kappa shape index (κ1) is 21.6. The first-order chi connectivity index (χ1) is 15.1. The Morgan fingerprint density at radius 3 is 2.77 bits per heavy atom. The van der Waals surface area contributed by atoms with Crippen molar-refractivity contribution in [1.29, 1.82) is 0 Å². The zero-order valence-corrected chi connectivity index (χ0v) is 18.0. The molecule has 166 valence electrons. The summed E-state index contributed by atoms with van der Waals surface area (Å²) in [4.78, 5) is 25.7. The van der Waals surface area contributed by atoms with E-state index in [-0.39, 0.29) is 17.2 Å². The maximum absolute atomic E-state index is 13.1. The van der Waals surface area contributed by atoms with E-state index in [2.05, 4.69) is 47.8 Å². The highest BCUT2D eigenvalue weighted by Gasteiger charge is 2.34. The minimum absolute atomic E-state index is 0.0643. The second kappa shape index (κ2) is 9.69. The highest BCUT2D eigenvalue weighted by atomic mass is 16.5. The van der Waals surface area contributed by atoms with Gasteiger partial charge in [0, 0.05) is 43.3 Å². The van der Waals surface area contributed by atoms with Crippen molar-refractivity contribution in [3.05, 3.63) is 53.6 Å². The number of ether oxygens (including phenoxy) is 1. The number of carboxylic acid groups (broad SMARTS) is 1. The monoisotopic (exact) mass is 424 g/mol. The molecule has 6 nitrogen and oxygen atoms in total. The molecule has 0 spiro atoms. The van der Waals surface area contributed by atoms with E-state index < -0.39 is 6.09 Å². The van der Waals surface area contributed by atoms with Gasteiger partial charge in [0.25, 0.3) is 0 Å². The molecule has 31 heavy (non-hydrogen) atoms. The Morgan fingerprint density at radius 1 is 1.19 bits per heavy atom. The summed E-state index contributed by atoms with van der Waals surface area (Å²) >= 11 is 0. The smallest absolute Gasteiger partial charge is 0.404 e. The van der Waals surface area contributed by atoms with Gasteiger partial charge in [0.15, 0.2) is 0 Å². The van der Waals surface area contributed by atoms with E-state index in [1.807, 2.05) is 4.90 Å². The van der Waals surface area contributed by atoms with E-state index in [9.17, 15) is 9.59 Å². The van der Waals surface area contributed by atoms with Crippen molar-refractivity contribution < 1.29 is 19.4 Å². The molecule has 6 heteroatoms. The Morgan fingerprint density at radius 2 is 2.03 bits per heavy atom. The van der Waals surface area contributed by atoms with E-state index in [0.717, 1.165) is 57.2 Å². The van der Waals surface area contributed by atoms with Gasteiger partial charge >= 0.3 is 6.09 Å². The molecule has 1 unspecified atom stereocenters. The van der Waals surface area contributed by atoms with Gasteiger partial charge in [0.2, 0.25) is 5.91 Å². The molecule has 1 aromatic rings. The fourth-order valence-corrected chi connectivity index (χ4v) is 5.07. The third-order valence-corrected chi connectivity index (χ3v) is 6.86. The van der Waals surface area contributed by atoms with Gasteiger partial charge in [0.05, 0.1) is 0 Å². The van der Waals surface area contributed by atoms with Crippen LogP contribution in [0, 0.1) is 5.92 Å². The van der Waals surface area contributed by atoms with E-state index in [1.54, 1.807) is 0 Å². The van der Waals surface area contributed by atoms with Crippen molar-refractivity contribution in [2.75, 3.05) is 31.2 Å². The number of rotatable bonds is 7. The number of hydrogen-bond donors (Lipinski definition) is 2. The number of amides is 2. The second-order valence-electron chi connectivity index (χ2n) is 8.81.